The summed E-state index contributed by atoms with van der Waals surface area (Å²) in [4.78, 5) is 3.13. The van der Waals surface area contributed by atoms with Gasteiger partial charge in [0.1, 0.15) is 0 Å². The summed E-state index contributed by atoms with van der Waals surface area (Å²) in [5.41, 5.74) is 7.57. The lowest BCUT2D eigenvalue weighted by Crippen LogP contribution is -2.09. The molecule has 0 amide bonds. The third-order valence-electron chi connectivity index (χ3n) is 2.39. The van der Waals surface area contributed by atoms with Crippen molar-refractivity contribution in [3.05, 3.63) is 36.0 Å². The first-order valence-corrected chi connectivity index (χ1v) is 4.52. The van der Waals surface area contributed by atoms with E-state index in [1.807, 2.05) is 30.5 Å². The predicted octanol–water partition coefficient (Wildman–Crippen LogP) is 1.73. The van der Waals surface area contributed by atoms with Crippen LogP contribution >= 0.6 is 0 Å². The monoisotopic (exact) mass is 185 g/mol. The van der Waals surface area contributed by atoms with E-state index < -0.39 is 0 Å². The molecule has 3 heteroatoms. The van der Waals surface area contributed by atoms with Crippen LogP contribution in [0.1, 0.15) is 11.5 Å². The molecule has 1 atom stereocenters. The van der Waals surface area contributed by atoms with E-state index in [0.717, 1.165) is 16.5 Å². The molecule has 0 spiro atoms. The average molecular weight is 185 g/mol. The van der Waals surface area contributed by atoms with Gasteiger partial charge in [0.2, 0.25) is 0 Å². The van der Waals surface area contributed by atoms with E-state index >= 15 is 0 Å². The first kappa shape index (κ1) is 8.79. The smallest absolute Gasteiger partial charge is 0.0855 e. The quantitative estimate of drug-likeness (QED) is 0.748. The Labute approximate surface area is 82.1 Å². The highest BCUT2D eigenvalue weighted by atomic mass is 14.7. The third kappa shape index (κ3) is 1.26. The van der Waals surface area contributed by atoms with Crippen molar-refractivity contribution in [1.29, 1.82) is 5.26 Å². The molecule has 0 aliphatic heterocycles. The SMILES string of the molecule is N#CC(CN)c1c[nH]c2ccccc12. The van der Waals surface area contributed by atoms with Gasteiger partial charge in [0, 0.05) is 23.6 Å². The van der Waals surface area contributed by atoms with Crippen LogP contribution in [0, 0.1) is 11.3 Å². The van der Waals surface area contributed by atoms with Crippen molar-refractivity contribution in [3.63, 3.8) is 0 Å². The van der Waals surface area contributed by atoms with Crippen LogP contribution in [0.5, 0.6) is 0 Å². The molecule has 3 nitrogen and oxygen atoms in total. The summed E-state index contributed by atoms with van der Waals surface area (Å²) in [6.07, 6.45) is 1.87. The number of hydrogen-bond donors (Lipinski definition) is 2. The molecule has 2 rings (SSSR count). The number of fused-ring (bicyclic) bond motifs is 1. The molecular weight excluding hydrogens is 174 g/mol. The number of nitrogens with one attached hydrogen (secondary N) is 1. The molecule has 1 aromatic carbocycles. The molecular formula is C11H11N3. The second-order valence-corrected chi connectivity index (χ2v) is 3.21. The predicted molar refractivity (Wildman–Crippen MR) is 55.7 cm³/mol. The molecule has 14 heavy (non-hydrogen) atoms. The summed E-state index contributed by atoms with van der Waals surface area (Å²) >= 11 is 0. The molecule has 0 fully saturated rings. The zero-order chi connectivity index (χ0) is 9.97. The number of hydrogen-bond acceptors (Lipinski definition) is 2. The highest BCUT2D eigenvalue weighted by molar-refractivity contribution is 5.84. The van der Waals surface area contributed by atoms with E-state index in [1.54, 1.807) is 0 Å². The van der Waals surface area contributed by atoms with Crippen LogP contribution < -0.4 is 5.73 Å². The first-order chi connectivity index (χ1) is 6.86. The van der Waals surface area contributed by atoms with E-state index in [-0.39, 0.29) is 5.92 Å². The van der Waals surface area contributed by atoms with Gasteiger partial charge in [-0.15, -0.1) is 0 Å². The topological polar surface area (TPSA) is 65.6 Å². The molecule has 1 unspecified atom stereocenters. The fourth-order valence-corrected chi connectivity index (χ4v) is 1.63. The molecule has 0 aliphatic carbocycles. The standard InChI is InChI=1S/C11H11N3/c12-5-8(6-13)10-7-14-11-4-2-1-3-9(10)11/h1-4,7-8,14H,5,12H2. The van der Waals surface area contributed by atoms with Crippen molar-refractivity contribution < 1.29 is 0 Å². The highest BCUT2D eigenvalue weighted by Crippen LogP contribution is 2.24. The second kappa shape index (κ2) is 3.52. The van der Waals surface area contributed by atoms with Gasteiger partial charge >= 0.3 is 0 Å². The number of H-pyrrole nitrogens is 1. The van der Waals surface area contributed by atoms with Crippen LogP contribution in [-0.2, 0) is 0 Å². The Kier molecular flexibility index (Phi) is 2.21. The molecule has 3 N–H and O–H groups in total. The number of nitrogens with zero attached hydrogens (tertiary/aromatic N) is 1. The number of rotatable bonds is 2. The van der Waals surface area contributed by atoms with Gasteiger partial charge in [-0.05, 0) is 11.6 Å². The largest absolute Gasteiger partial charge is 0.361 e. The van der Waals surface area contributed by atoms with Gasteiger partial charge in [0.05, 0.1) is 12.0 Å². The maximum absolute atomic E-state index is 8.91. The first-order valence-electron chi connectivity index (χ1n) is 4.52. The Hall–Kier alpha value is -1.79. The molecule has 0 bridgehead atoms. The van der Waals surface area contributed by atoms with Crippen molar-refractivity contribution in [2.75, 3.05) is 6.54 Å². The summed E-state index contributed by atoms with van der Waals surface area (Å²) in [6, 6.07) is 10.1. The number of para-hydroxylation sites is 1. The van der Waals surface area contributed by atoms with E-state index in [2.05, 4.69) is 11.1 Å². The van der Waals surface area contributed by atoms with Crippen molar-refractivity contribution >= 4 is 10.9 Å². The average Bonchev–Trinajstić information content (AvgIpc) is 2.65. The summed E-state index contributed by atoms with van der Waals surface area (Å²) in [6.45, 7) is 0.359. The molecule has 2 aromatic rings. The number of aromatic amines is 1. The van der Waals surface area contributed by atoms with Gasteiger partial charge in [0.15, 0.2) is 0 Å². The second-order valence-electron chi connectivity index (χ2n) is 3.21. The molecule has 1 heterocycles. The lowest BCUT2D eigenvalue weighted by atomic mass is 10.0. The number of nitrogens with two attached hydrogens (primary N) is 1. The van der Waals surface area contributed by atoms with Crippen molar-refractivity contribution in [2.24, 2.45) is 5.73 Å². The Morgan fingerprint density at radius 1 is 1.43 bits per heavy atom. The van der Waals surface area contributed by atoms with E-state index in [0.29, 0.717) is 6.54 Å². The van der Waals surface area contributed by atoms with Crippen molar-refractivity contribution in [2.45, 2.75) is 5.92 Å². The maximum Gasteiger partial charge on any atom is 0.0855 e. The van der Waals surface area contributed by atoms with Gasteiger partial charge in [-0.2, -0.15) is 5.26 Å². The molecule has 0 radical (unpaired) electrons. The van der Waals surface area contributed by atoms with Crippen molar-refractivity contribution in [1.82, 2.24) is 4.98 Å². The number of benzene rings is 1. The zero-order valence-corrected chi connectivity index (χ0v) is 7.70. The van der Waals surface area contributed by atoms with Gasteiger partial charge in [0.25, 0.3) is 0 Å². The van der Waals surface area contributed by atoms with Gasteiger partial charge in [-0.25, -0.2) is 0 Å². The van der Waals surface area contributed by atoms with E-state index in [1.165, 1.54) is 0 Å². The molecule has 1 aromatic heterocycles. The Morgan fingerprint density at radius 3 is 2.93 bits per heavy atom. The minimum atomic E-state index is -0.217. The van der Waals surface area contributed by atoms with Crippen LogP contribution in [0.3, 0.4) is 0 Å². The summed E-state index contributed by atoms with van der Waals surface area (Å²) in [5, 5.41) is 10.0. The summed E-state index contributed by atoms with van der Waals surface area (Å²) < 4.78 is 0. The van der Waals surface area contributed by atoms with Gasteiger partial charge < -0.3 is 10.7 Å². The molecule has 0 saturated carbocycles. The van der Waals surface area contributed by atoms with Crippen LogP contribution in [0.15, 0.2) is 30.5 Å². The lowest BCUT2D eigenvalue weighted by molar-refractivity contribution is 0.869. The van der Waals surface area contributed by atoms with E-state index in [4.69, 9.17) is 11.0 Å². The fourth-order valence-electron chi connectivity index (χ4n) is 1.63. The Balaban J connectivity index is 2.59. The Bertz CT molecular complexity index is 478. The molecule has 70 valence electrons. The minimum absolute atomic E-state index is 0.217. The van der Waals surface area contributed by atoms with Crippen molar-refractivity contribution in [3.8, 4) is 6.07 Å². The zero-order valence-electron chi connectivity index (χ0n) is 7.70. The molecule has 0 saturated heterocycles. The number of nitriles is 1. The highest BCUT2D eigenvalue weighted by Gasteiger charge is 2.12. The van der Waals surface area contributed by atoms with Crippen LogP contribution in [0.2, 0.25) is 0 Å². The van der Waals surface area contributed by atoms with Crippen LogP contribution in [0.25, 0.3) is 10.9 Å². The summed E-state index contributed by atoms with van der Waals surface area (Å²) in [7, 11) is 0. The van der Waals surface area contributed by atoms with Crippen LogP contribution in [0.4, 0.5) is 0 Å². The number of aromatic nitrogens is 1. The fraction of sp³-hybridized carbons (Fsp3) is 0.182. The van der Waals surface area contributed by atoms with Gasteiger partial charge in [-0.3, -0.25) is 0 Å². The summed E-state index contributed by atoms with van der Waals surface area (Å²) in [5.74, 6) is -0.217. The Morgan fingerprint density at radius 2 is 2.21 bits per heavy atom. The minimum Gasteiger partial charge on any atom is -0.361 e. The lowest BCUT2D eigenvalue weighted by Gasteiger charge is -2.02. The molecule has 0 aliphatic rings. The van der Waals surface area contributed by atoms with Crippen LogP contribution in [-0.4, -0.2) is 11.5 Å². The van der Waals surface area contributed by atoms with E-state index in [9.17, 15) is 0 Å². The normalized spacial score (nSPS) is 12.6. The van der Waals surface area contributed by atoms with Gasteiger partial charge in [-0.1, -0.05) is 18.2 Å². The maximum atomic E-state index is 8.91. The third-order valence-corrected chi connectivity index (χ3v) is 2.39.